The highest BCUT2D eigenvalue weighted by molar-refractivity contribution is 7.16. The Balaban J connectivity index is 1.31. The summed E-state index contributed by atoms with van der Waals surface area (Å²) in [5, 5.41) is 14.9. The smallest absolute Gasteiger partial charge is 0.280 e. The minimum atomic E-state index is 0.00784. The number of hydrogen-bond acceptors (Lipinski definition) is 3. The van der Waals surface area contributed by atoms with Gasteiger partial charge in [0, 0.05) is 10.4 Å². The lowest BCUT2D eigenvalue weighted by Gasteiger charge is -2.36. The number of benzene rings is 1. The Morgan fingerprint density at radius 3 is 2.57 bits per heavy atom. The molecule has 1 atom stereocenters. The number of carbonyl (C=O) groups excluding carboxylic acids is 1. The maximum atomic E-state index is 12.9. The molecule has 0 bridgehead atoms. The highest BCUT2D eigenvalue weighted by Crippen LogP contribution is 2.45. The van der Waals surface area contributed by atoms with Gasteiger partial charge in [0.15, 0.2) is 6.54 Å². The van der Waals surface area contributed by atoms with Crippen LogP contribution in [0, 0.1) is 22.7 Å². The summed E-state index contributed by atoms with van der Waals surface area (Å²) in [6.07, 6.45) is 4.22. The second-order valence-electron chi connectivity index (χ2n) is 10.8. The molecule has 2 aromatic rings. The van der Waals surface area contributed by atoms with E-state index in [-0.39, 0.29) is 5.91 Å². The summed E-state index contributed by atoms with van der Waals surface area (Å²) in [5.41, 5.74) is 3.34. The van der Waals surface area contributed by atoms with E-state index in [0.29, 0.717) is 33.5 Å². The van der Waals surface area contributed by atoms with Crippen molar-refractivity contribution in [3.8, 4) is 6.07 Å². The molecule has 2 aliphatic rings. The average molecular weight is 536 g/mol. The Labute approximate surface area is 223 Å². The number of rotatable bonds is 7. The number of carbonyl (C=O) groups is 1. The van der Waals surface area contributed by atoms with E-state index in [9.17, 15) is 10.1 Å². The fourth-order valence-corrected chi connectivity index (χ4v) is 7.01. The normalized spacial score (nSPS) is 22.3. The third-order valence-electron chi connectivity index (χ3n) is 8.16. The molecule has 2 heterocycles. The first-order valence-electron chi connectivity index (χ1n) is 12.7. The largest absolute Gasteiger partial charge is 0.322 e. The Kier molecular flexibility index (Phi) is 8.45. The van der Waals surface area contributed by atoms with Gasteiger partial charge in [-0.2, -0.15) is 5.26 Å². The van der Waals surface area contributed by atoms with Crippen LogP contribution in [0.25, 0.3) is 0 Å². The number of fused-ring (bicyclic) bond motifs is 1. The van der Waals surface area contributed by atoms with Crippen molar-refractivity contribution in [1.82, 2.24) is 0 Å². The Morgan fingerprint density at radius 2 is 1.91 bits per heavy atom. The summed E-state index contributed by atoms with van der Waals surface area (Å²) in [4.78, 5) is 17.0. The summed E-state index contributed by atoms with van der Waals surface area (Å²) < 4.78 is 0. The summed E-state index contributed by atoms with van der Waals surface area (Å²) in [6, 6.07) is 8.22. The lowest BCUT2D eigenvalue weighted by Crippen LogP contribution is -3.28. The molecule has 1 saturated heterocycles. The van der Waals surface area contributed by atoms with Gasteiger partial charge in [-0.05, 0) is 48.3 Å². The molecule has 0 radical (unpaired) electrons. The summed E-state index contributed by atoms with van der Waals surface area (Å²) in [5.74, 6) is 0.634. The average Bonchev–Trinajstić information content (AvgIpc) is 3.18. The van der Waals surface area contributed by atoms with Crippen molar-refractivity contribution in [3.05, 3.63) is 49.8 Å². The van der Waals surface area contributed by atoms with Crippen LogP contribution in [0.3, 0.4) is 0 Å². The van der Waals surface area contributed by atoms with Gasteiger partial charge < -0.3 is 15.1 Å². The van der Waals surface area contributed by atoms with Gasteiger partial charge in [-0.15, -0.1) is 11.3 Å². The summed E-state index contributed by atoms with van der Waals surface area (Å²) in [6.45, 7) is 12.2. The number of nitrogens with one attached hydrogen (secondary N) is 3. The number of hydrogen-bond donors (Lipinski definition) is 3. The second kappa shape index (κ2) is 11.2. The predicted molar refractivity (Wildman–Crippen MR) is 144 cm³/mol. The van der Waals surface area contributed by atoms with Gasteiger partial charge in [-0.25, -0.2) is 0 Å². The molecular weight excluding hydrogens is 499 g/mol. The lowest BCUT2D eigenvalue weighted by atomic mass is 9.69. The van der Waals surface area contributed by atoms with Crippen LogP contribution in [0.5, 0.6) is 0 Å². The molecule has 8 heteroatoms. The van der Waals surface area contributed by atoms with Crippen LogP contribution in [0.1, 0.15) is 55.2 Å². The van der Waals surface area contributed by atoms with Crippen molar-refractivity contribution >= 4 is 45.4 Å². The number of halogens is 2. The fraction of sp³-hybridized carbons (Fsp3) is 0.556. The standard InChI is InChI=1S/C27H34Cl2N4OS/c1-4-27(2,3)19-6-7-20-21(15-30)26(35-24(20)14-19)31-25(34)17-33-11-9-32(10-12-33)16-18-5-8-22(28)23(29)13-18/h5,8,13,19H,4,6-7,9-12,14,16-17H2,1-3H3,(H,31,34)/p+2. The summed E-state index contributed by atoms with van der Waals surface area (Å²) >= 11 is 13.8. The first-order chi connectivity index (χ1) is 16.7. The zero-order chi connectivity index (χ0) is 25.2. The molecule has 0 spiro atoms. The van der Waals surface area contributed by atoms with E-state index in [1.54, 1.807) is 11.3 Å². The lowest BCUT2D eigenvalue weighted by molar-refractivity contribution is -1.02. The van der Waals surface area contributed by atoms with Crippen LogP contribution in [-0.4, -0.2) is 38.6 Å². The second-order valence-corrected chi connectivity index (χ2v) is 12.7. The highest BCUT2D eigenvalue weighted by Gasteiger charge is 2.34. The van der Waals surface area contributed by atoms with Crippen molar-refractivity contribution in [3.63, 3.8) is 0 Å². The molecule has 1 fully saturated rings. The number of nitriles is 1. The van der Waals surface area contributed by atoms with Gasteiger partial charge in [-0.3, -0.25) is 4.79 Å². The minimum Gasteiger partial charge on any atom is -0.322 e. The molecule has 1 aliphatic heterocycles. The maximum absolute atomic E-state index is 12.9. The van der Waals surface area contributed by atoms with Crippen molar-refractivity contribution < 1.29 is 14.6 Å². The zero-order valence-electron chi connectivity index (χ0n) is 20.9. The molecular formula is C27H36Cl2N4OS+2. The fourth-order valence-electron chi connectivity index (χ4n) is 5.39. The number of piperazine rings is 1. The molecule has 1 aromatic carbocycles. The van der Waals surface area contributed by atoms with Crippen LogP contribution in [0.2, 0.25) is 10.0 Å². The quantitative estimate of drug-likeness (QED) is 0.509. The highest BCUT2D eigenvalue weighted by atomic mass is 35.5. The topological polar surface area (TPSA) is 61.8 Å². The van der Waals surface area contributed by atoms with Crippen molar-refractivity contribution in [2.45, 2.75) is 53.0 Å². The molecule has 1 aromatic heterocycles. The van der Waals surface area contributed by atoms with Crippen LogP contribution in [0.4, 0.5) is 5.00 Å². The Morgan fingerprint density at radius 1 is 1.20 bits per heavy atom. The maximum Gasteiger partial charge on any atom is 0.280 e. The van der Waals surface area contributed by atoms with E-state index in [0.717, 1.165) is 63.4 Å². The zero-order valence-corrected chi connectivity index (χ0v) is 23.2. The van der Waals surface area contributed by atoms with Gasteiger partial charge in [-0.1, -0.05) is 56.5 Å². The molecule has 1 aliphatic carbocycles. The molecule has 3 N–H and O–H groups in total. The van der Waals surface area contributed by atoms with Gasteiger partial charge in [0.25, 0.3) is 5.91 Å². The van der Waals surface area contributed by atoms with Crippen LogP contribution in [-0.2, 0) is 24.2 Å². The predicted octanol–water partition coefficient (Wildman–Crippen LogP) is 3.39. The van der Waals surface area contributed by atoms with Crippen LogP contribution in [0.15, 0.2) is 18.2 Å². The number of nitrogens with zero attached hydrogens (tertiary/aromatic N) is 1. The minimum absolute atomic E-state index is 0.00784. The van der Waals surface area contributed by atoms with Crippen LogP contribution >= 0.6 is 34.5 Å². The van der Waals surface area contributed by atoms with Gasteiger partial charge >= 0.3 is 0 Å². The molecule has 188 valence electrons. The van der Waals surface area contributed by atoms with Gasteiger partial charge in [0.05, 0.1) is 15.6 Å². The first kappa shape index (κ1) is 26.4. The Bertz CT molecular complexity index is 1120. The van der Waals surface area contributed by atoms with Gasteiger partial charge in [0.1, 0.15) is 43.8 Å². The van der Waals surface area contributed by atoms with E-state index in [4.69, 9.17) is 23.2 Å². The molecule has 0 saturated carbocycles. The van der Waals surface area contributed by atoms with Crippen molar-refractivity contribution in [1.29, 1.82) is 5.26 Å². The monoisotopic (exact) mass is 534 g/mol. The van der Waals surface area contributed by atoms with E-state index in [1.807, 2.05) is 18.2 Å². The van der Waals surface area contributed by atoms with E-state index in [2.05, 4.69) is 32.2 Å². The number of thiophene rings is 1. The molecule has 5 nitrogen and oxygen atoms in total. The summed E-state index contributed by atoms with van der Waals surface area (Å²) in [7, 11) is 0. The third kappa shape index (κ3) is 6.21. The molecule has 1 amide bonds. The molecule has 4 rings (SSSR count). The molecule has 35 heavy (non-hydrogen) atoms. The number of quaternary nitrogens is 2. The third-order valence-corrected chi connectivity index (χ3v) is 10.1. The van der Waals surface area contributed by atoms with E-state index < -0.39 is 0 Å². The van der Waals surface area contributed by atoms with E-state index in [1.165, 1.54) is 25.8 Å². The number of amides is 1. The van der Waals surface area contributed by atoms with Crippen molar-refractivity contribution in [2.24, 2.45) is 11.3 Å². The Hall–Kier alpha value is -1.62. The number of anilines is 1. The first-order valence-corrected chi connectivity index (χ1v) is 14.2. The van der Waals surface area contributed by atoms with Crippen LogP contribution < -0.4 is 15.1 Å². The van der Waals surface area contributed by atoms with E-state index >= 15 is 0 Å². The molecule has 1 unspecified atom stereocenters. The van der Waals surface area contributed by atoms with Gasteiger partial charge in [0.2, 0.25) is 0 Å². The van der Waals surface area contributed by atoms with Crippen molar-refractivity contribution in [2.75, 3.05) is 38.0 Å². The SMILES string of the molecule is CCC(C)(C)C1CCc2c(sc(NC(=O)C[NH+]3CC[NH+](Cc4ccc(Cl)c(Cl)c4)CC3)c2C#N)C1.